The van der Waals surface area contributed by atoms with Gasteiger partial charge in [-0.2, -0.15) is 0 Å². The van der Waals surface area contributed by atoms with E-state index in [0.29, 0.717) is 13.0 Å². The molecular formula is C46H91NO5. The minimum absolute atomic E-state index is 0.0156. The van der Waals surface area contributed by atoms with Crippen LogP contribution in [0, 0.1) is 5.92 Å². The van der Waals surface area contributed by atoms with Gasteiger partial charge in [0.2, 0.25) is 0 Å². The maximum absolute atomic E-state index is 12.7. The van der Waals surface area contributed by atoms with E-state index in [1.54, 1.807) is 0 Å². The molecule has 0 amide bonds. The Morgan fingerprint density at radius 1 is 0.538 bits per heavy atom. The van der Waals surface area contributed by atoms with Crippen molar-refractivity contribution in [3.05, 3.63) is 0 Å². The summed E-state index contributed by atoms with van der Waals surface area (Å²) in [6, 6.07) is 0. The second kappa shape index (κ2) is 42.8. The molecule has 0 saturated heterocycles. The second-order valence-corrected chi connectivity index (χ2v) is 16.0. The number of nitrogens with zero attached hydrogens (tertiary/aromatic N) is 1. The van der Waals surface area contributed by atoms with Crippen LogP contribution >= 0.6 is 0 Å². The number of rotatable bonds is 44. The molecule has 0 spiro atoms. The van der Waals surface area contributed by atoms with Crippen LogP contribution in [-0.4, -0.2) is 67.8 Å². The maximum atomic E-state index is 12.7. The Hall–Kier alpha value is -0.980. The number of esters is 1. The van der Waals surface area contributed by atoms with Gasteiger partial charge in [-0.3, -0.25) is 4.79 Å². The van der Waals surface area contributed by atoms with E-state index in [1.165, 1.54) is 135 Å². The quantitative estimate of drug-likeness (QED) is 0.0381. The second-order valence-electron chi connectivity index (χ2n) is 16.0. The molecule has 0 heterocycles. The van der Waals surface area contributed by atoms with Gasteiger partial charge in [0.05, 0.1) is 13.2 Å². The molecule has 2 unspecified atom stereocenters. The van der Waals surface area contributed by atoms with Crippen LogP contribution in [0.5, 0.6) is 0 Å². The first-order chi connectivity index (χ1) is 25.6. The third-order valence-electron chi connectivity index (χ3n) is 10.8. The van der Waals surface area contributed by atoms with Gasteiger partial charge in [0, 0.05) is 25.5 Å². The van der Waals surface area contributed by atoms with Gasteiger partial charge < -0.3 is 24.3 Å². The van der Waals surface area contributed by atoms with Crippen molar-refractivity contribution in [2.24, 2.45) is 5.92 Å². The first-order valence-electron chi connectivity index (χ1n) is 23.2. The van der Waals surface area contributed by atoms with Crippen molar-refractivity contribution in [1.82, 2.24) is 4.90 Å². The minimum Gasteiger partial charge on any atom is -0.462 e. The van der Waals surface area contributed by atoms with Gasteiger partial charge in [0.25, 0.3) is 0 Å². The molecule has 0 saturated carbocycles. The van der Waals surface area contributed by atoms with Gasteiger partial charge in [-0.25, -0.2) is 0 Å². The summed E-state index contributed by atoms with van der Waals surface area (Å²) in [6.07, 6.45) is 40.6. The van der Waals surface area contributed by atoms with Crippen molar-refractivity contribution in [3.8, 4) is 0 Å². The largest absolute Gasteiger partial charge is 0.462 e. The van der Waals surface area contributed by atoms with Crippen LogP contribution in [0.1, 0.15) is 233 Å². The van der Waals surface area contributed by atoms with Crippen LogP contribution in [0.2, 0.25) is 0 Å². The zero-order chi connectivity index (χ0) is 38.0. The summed E-state index contributed by atoms with van der Waals surface area (Å²) in [4.78, 5) is 26.6. The van der Waals surface area contributed by atoms with Crippen LogP contribution in [0.3, 0.4) is 0 Å². The van der Waals surface area contributed by atoms with Crippen molar-refractivity contribution >= 4 is 12.3 Å². The smallest absolute Gasteiger partial charge is 0.306 e. The standard InChI is InChI=1S/C46H91NO5/c1-4-7-10-13-16-20-28-35-45(34-27-19-15-12-9-6-3)52-46(50)36-29-21-18-23-30-37-47(39-40-48)38-31-24-22-26-33-44(42-49)43-51-41-32-25-17-14-11-8-5-2/h42,44-45,48H,4-41,43H2,1-3H3. The number of carbonyl (C=O) groups is 2. The van der Waals surface area contributed by atoms with E-state index in [9.17, 15) is 14.7 Å². The van der Waals surface area contributed by atoms with Gasteiger partial charge in [0.15, 0.2) is 0 Å². The summed E-state index contributed by atoms with van der Waals surface area (Å²) < 4.78 is 11.8. The topological polar surface area (TPSA) is 76.1 Å². The number of hydrogen-bond acceptors (Lipinski definition) is 6. The summed E-state index contributed by atoms with van der Waals surface area (Å²) in [5, 5.41) is 9.58. The van der Waals surface area contributed by atoms with Crippen molar-refractivity contribution < 1.29 is 24.2 Å². The van der Waals surface area contributed by atoms with Crippen molar-refractivity contribution in [3.63, 3.8) is 0 Å². The highest BCUT2D eigenvalue weighted by Crippen LogP contribution is 2.19. The number of ether oxygens (including phenoxy) is 2. The number of unbranched alkanes of at least 4 members (excludes halogenated alkanes) is 24. The Kier molecular flexibility index (Phi) is 42.0. The lowest BCUT2D eigenvalue weighted by Gasteiger charge is -2.21. The van der Waals surface area contributed by atoms with Gasteiger partial charge in [-0.1, -0.05) is 168 Å². The van der Waals surface area contributed by atoms with E-state index in [1.807, 2.05) is 0 Å². The number of aldehydes is 1. The Labute approximate surface area is 324 Å². The van der Waals surface area contributed by atoms with Crippen LogP contribution in [0.25, 0.3) is 0 Å². The molecule has 0 radical (unpaired) electrons. The molecule has 0 aromatic heterocycles. The van der Waals surface area contributed by atoms with Gasteiger partial charge in [0.1, 0.15) is 12.4 Å². The Morgan fingerprint density at radius 3 is 1.44 bits per heavy atom. The third kappa shape index (κ3) is 37.3. The van der Waals surface area contributed by atoms with Crippen molar-refractivity contribution in [2.75, 3.05) is 39.5 Å². The molecule has 0 aliphatic rings. The third-order valence-corrected chi connectivity index (χ3v) is 10.8. The van der Waals surface area contributed by atoms with Crippen LogP contribution in [-0.2, 0) is 19.1 Å². The molecule has 0 fully saturated rings. The first-order valence-corrected chi connectivity index (χ1v) is 23.2. The van der Waals surface area contributed by atoms with Crippen molar-refractivity contribution in [1.29, 1.82) is 0 Å². The highest BCUT2D eigenvalue weighted by atomic mass is 16.5. The maximum Gasteiger partial charge on any atom is 0.306 e. The molecule has 1 N–H and O–H groups in total. The highest BCUT2D eigenvalue weighted by Gasteiger charge is 2.14. The molecule has 52 heavy (non-hydrogen) atoms. The fourth-order valence-corrected chi connectivity index (χ4v) is 7.28. The van der Waals surface area contributed by atoms with Gasteiger partial charge in [-0.15, -0.1) is 0 Å². The number of aliphatic hydroxyl groups excluding tert-OH is 1. The average Bonchev–Trinajstić information content (AvgIpc) is 3.14. The zero-order valence-electron chi connectivity index (χ0n) is 35.3. The van der Waals surface area contributed by atoms with Crippen molar-refractivity contribution in [2.45, 2.75) is 239 Å². The summed E-state index contributed by atoms with van der Waals surface area (Å²) in [5.41, 5.74) is 0. The fourth-order valence-electron chi connectivity index (χ4n) is 7.28. The Morgan fingerprint density at radius 2 is 0.962 bits per heavy atom. The molecular weight excluding hydrogens is 647 g/mol. The Balaban J connectivity index is 4.03. The van der Waals surface area contributed by atoms with E-state index in [2.05, 4.69) is 25.7 Å². The predicted molar refractivity (Wildman–Crippen MR) is 223 cm³/mol. The molecule has 6 heteroatoms. The molecule has 6 nitrogen and oxygen atoms in total. The van der Waals surface area contributed by atoms with E-state index >= 15 is 0 Å². The minimum atomic E-state index is 0.0156. The number of hydrogen-bond donors (Lipinski definition) is 1. The van der Waals surface area contributed by atoms with E-state index in [4.69, 9.17) is 9.47 Å². The number of aliphatic hydroxyl groups is 1. The predicted octanol–water partition coefficient (Wildman–Crippen LogP) is 13.0. The Bertz CT molecular complexity index is 719. The fraction of sp³-hybridized carbons (Fsp3) is 0.957. The molecule has 0 aliphatic carbocycles. The lowest BCUT2D eigenvalue weighted by atomic mass is 10.0. The van der Waals surface area contributed by atoms with Gasteiger partial charge >= 0.3 is 5.97 Å². The summed E-state index contributed by atoms with van der Waals surface area (Å²) in [6.45, 7) is 11.2. The lowest BCUT2D eigenvalue weighted by Crippen LogP contribution is -2.29. The van der Waals surface area contributed by atoms with Crippen LogP contribution < -0.4 is 0 Å². The molecule has 310 valence electrons. The van der Waals surface area contributed by atoms with Crippen LogP contribution in [0.4, 0.5) is 0 Å². The summed E-state index contributed by atoms with van der Waals surface area (Å²) in [7, 11) is 0. The monoisotopic (exact) mass is 738 g/mol. The molecule has 0 bridgehead atoms. The zero-order valence-corrected chi connectivity index (χ0v) is 35.3. The first kappa shape index (κ1) is 51.0. The molecule has 0 aromatic rings. The summed E-state index contributed by atoms with van der Waals surface area (Å²) >= 11 is 0. The molecule has 0 rings (SSSR count). The number of carbonyl (C=O) groups excluding carboxylic acids is 2. The van der Waals surface area contributed by atoms with E-state index < -0.39 is 0 Å². The normalized spacial score (nSPS) is 12.8. The molecule has 2 atom stereocenters. The summed E-state index contributed by atoms with van der Waals surface area (Å²) in [5.74, 6) is 0.0505. The highest BCUT2D eigenvalue weighted by molar-refractivity contribution is 5.69. The van der Waals surface area contributed by atoms with Gasteiger partial charge in [-0.05, 0) is 70.9 Å². The van der Waals surface area contributed by atoms with Crippen LogP contribution in [0.15, 0.2) is 0 Å². The molecule has 0 aromatic carbocycles. The van der Waals surface area contributed by atoms with E-state index in [0.717, 1.165) is 103 Å². The average molecular weight is 738 g/mol. The molecule has 0 aliphatic heterocycles. The SMILES string of the molecule is CCCCCCCCCOCC(C=O)CCCCCCN(CCO)CCCCCCCC(=O)OC(CCCCCCCC)CCCCCCCCC. The van der Waals surface area contributed by atoms with E-state index in [-0.39, 0.29) is 24.6 Å². The lowest BCUT2D eigenvalue weighted by molar-refractivity contribution is -0.150.